The normalized spacial score (nSPS) is 10.7. The fourth-order valence-electron chi connectivity index (χ4n) is 3.20. The van der Waals surface area contributed by atoms with Gasteiger partial charge in [0.25, 0.3) is 5.91 Å². The van der Waals surface area contributed by atoms with Gasteiger partial charge >= 0.3 is 0 Å². The van der Waals surface area contributed by atoms with Crippen molar-refractivity contribution in [3.63, 3.8) is 0 Å². The Labute approximate surface area is 158 Å². The molecule has 3 rings (SSSR count). The van der Waals surface area contributed by atoms with Gasteiger partial charge in [0.05, 0.1) is 18.4 Å². The van der Waals surface area contributed by atoms with Gasteiger partial charge in [0, 0.05) is 17.9 Å². The van der Waals surface area contributed by atoms with Gasteiger partial charge in [-0.15, -0.1) is 0 Å². The number of nitrogens with one attached hydrogen (secondary N) is 1. The average Bonchev–Trinajstić information content (AvgIpc) is 2.97. The highest BCUT2D eigenvalue weighted by Gasteiger charge is 2.17. The quantitative estimate of drug-likeness (QED) is 0.710. The molecule has 1 N–H and O–H groups in total. The van der Waals surface area contributed by atoms with Crippen molar-refractivity contribution < 1.29 is 13.9 Å². The first-order valence-corrected chi connectivity index (χ1v) is 8.86. The minimum Gasteiger partial charge on any atom is -0.497 e. The molecule has 0 bridgehead atoms. The standard InChI is InChI=1S/C22H23FN2O2/c1-15-14-19(16(2)25(15)21-7-5-4-6-20(21)23)22(26)24-13-12-17-8-10-18(27-3)11-9-17/h4-11,14H,12-13H2,1-3H3,(H,24,26). The maximum Gasteiger partial charge on any atom is 0.253 e. The summed E-state index contributed by atoms with van der Waals surface area (Å²) < 4.78 is 21.1. The molecular weight excluding hydrogens is 343 g/mol. The second-order valence-electron chi connectivity index (χ2n) is 6.43. The first kappa shape index (κ1) is 18.7. The summed E-state index contributed by atoms with van der Waals surface area (Å²) >= 11 is 0. The zero-order valence-corrected chi connectivity index (χ0v) is 15.8. The minimum atomic E-state index is -0.314. The second kappa shape index (κ2) is 8.08. The summed E-state index contributed by atoms with van der Waals surface area (Å²) in [6.07, 6.45) is 0.724. The summed E-state index contributed by atoms with van der Waals surface area (Å²) in [5, 5.41) is 2.95. The maximum absolute atomic E-state index is 14.2. The monoisotopic (exact) mass is 366 g/mol. The molecule has 2 aromatic carbocycles. The van der Waals surface area contributed by atoms with Gasteiger partial charge in [0.2, 0.25) is 0 Å². The topological polar surface area (TPSA) is 43.3 Å². The summed E-state index contributed by atoms with van der Waals surface area (Å²) in [4.78, 5) is 12.6. The number of nitrogens with zero attached hydrogens (tertiary/aromatic N) is 1. The molecule has 4 nitrogen and oxygen atoms in total. The Morgan fingerprint density at radius 1 is 1.11 bits per heavy atom. The number of hydrogen-bond donors (Lipinski definition) is 1. The number of carbonyl (C=O) groups excluding carboxylic acids is 1. The number of halogens is 1. The fraction of sp³-hybridized carbons (Fsp3) is 0.227. The number of rotatable bonds is 6. The molecule has 0 atom stereocenters. The Balaban J connectivity index is 1.70. The maximum atomic E-state index is 14.2. The number of carbonyl (C=O) groups is 1. The van der Waals surface area contributed by atoms with Crippen LogP contribution in [0.2, 0.25) is 0 Å². The molecule has 3 aromatic rings. The molecule has 0 saturated heterocycles. The molecule has 1 amide bonds. The van der Waals surface area contributed by atoms with Gasteiger partial charge in [-0.05, 0) is 56.2 Å². The molecule has 0 spiro atoms. The first-order chi connectivity index (χ1) is 13.0. The van der Waals surface area contributed by atoms with Crippen molar-refractivity contribution in [2.45, 2.75) is 20.3 Å². The van der Waals surface area contributed by atoms with Gasteiger partial charge in [0.1, 0.15) is 11.6 Å². The third kappa shape index (κ3) is 4.03. The van der Waals surface area contributed by atoms with E-state index in [0.29, 0.717) is 17.8 Å². The van der Waals surface area contributed by atoms with Gasteiger partial charge in [-0.25, -0.2) is 4.39 Å². The zero-order valence-electron chi connectivity index (χ0n) is 15.8. The highest BCUT2D eigenvalue weighted by Crippen LogP contribution is 2.22. The van der Waals surface area contributed by atoms with Gasteiger partial charge in [0.15, 0.2) is 0 Å². The number of hydrogen-bond acceptors (Lipinski definition) is 2. The van der Waals surface area contributed by atoms with E-state index in [1.54, 1.807) is 35.9 Å². The lowest BCUT2D eigenvalue weighted by Gasteiger charge is -2.11. The predicted octanol–water partition coefficient (Wildman–Crippen LogP) is 4.21. The summed E-state index contributed by atoms with van der Waals surface area (Å²) in [5.74, 6) is 0.341. The van der Waals surface area contributed by atoms with Crippen LogP contribution < -0.4 is 10.1 Å². The second-order valence-corrected chi connectivity index (χ2v) is 6.43. The molecule has 0 unspecified atom stereocenters. The van der Waals surface area contributed by atoms with Crippen molar-refractivity contribution in [1.29, 1.82) is 0 Å². The van der Waals surface area contributed by atoms with Crippen LogP contribution in [0, 0.1) is 19.7 Å². The van der Waals surface area contributed by atoms with Crippen LogP contribution in [-0.2, 0) is 6.42 Å². The number of aromatic nitrogens is 1. The van der Waals surface area contributed by atoms with Crippen LogP contribution in [0.5, 0.6) is 5.75 Å². The van der Waals surface area contributed by atoms with E-state index >= 15 is 0 Å². The smallest absolute Gasteiger partial charge is 0.253 e. The van der Waals surface area contributed by atoms with Gasteiger partial charge < -0.3 is 14.6 Å². The summed E-state index contributed by atoms with van der Waals surface area (Å²) in [5.41, 5.74) is 3.67. The van der Waals surface area contributed by atoms with Crippen LogP contribution in [0.4, 0.5) is 4.39 Å². The van der Waals surface area contributed by atoms with Crippen LogP contribution >= 0.6 is 0 Å². The van der Waals surface area contributed by atoms with E-state index in [0.717, 1.165) is 29.1 Å². The number of methoxy groups -OCH3 is 1. The van der Waals surface area contributed by atoms with E-state index in [2.05, 4.69) is 5.32 Å². The van der Waals surface area contributed by atoms with Crippen molar-refractivity contribution in [3.8, 4) is 11.4 Å². The van der Waals surface area contributed by atoms with Gasteiger partial charge in [-0.2, -0.15) is 0 Å². The first-order valence-electron chi connectivity index (χ1n) is 8.86. The Hall–Kier alpha value is -3.08. The zero-order chi connectivity index (χ0) is 19.4. The third-order valence-corrected chi connectivity index (χ3v) is 4.63. The van der Waals surface area contributed by atoms with Crippen LogP contribution in [0.25, 0.3) is 5.69 Å². The SMILES string of the molecule is COc1ccc(CCNC(=O)c2cc(C)n(-c3ccccc3F)c2C)cc1. The van der Waals surface area contributed by atoms with Crippen LogP contribution in [0.3, 0.4) is 0 Å². The molecule has 0 aliphatic heterocycles. The Morgan fingerprint density at radius 2 is 1.81 bits per heavy atom. The Kier molecular flexibility index (Phi) is 5.60. The van der Waals surface area contributed by atoms with Crippen molar-refractivity contribution in [2.75, 3.05) is 13.7 Å². The van der Waals surface area contributed by atoms with E-state index in [9.17, 15) is 9.18 Å². The van der Waals surface area contributed by atoms with E-state index in [1.165, 1.54) is 6.07 Å². The van der Waals surface area contributed by atoms with Crippen LogP contribution in [0.1, 0.15) is 27.3 Å². The molecular formula is C22H23FN2O2. The van der Waals surface area contributed by atoms with E-state index in [1.807, 2.05) is 38.1 Å². The molecule has 140 valence electrons. The molecule has 1 heterocycles. The van der Waals surface area contributed by atoms with Crippen molar-refractivity contribution in [1.82, 2.24) is 9.88 Å². The van der Waals surface area contributed by atoms with E-state index in [4.69, 9.17) is 4.74 Å². The molecule has 0 fully saturated rings. The molecule has 27 heavy (non-hydrogen) atoms. The van der Waals surface area contributed by atoms with Crippen molar-refractivity contribution in [2.24, 2.45) is 0 Å². The lowest BCUT2D eigenvalue weighted by atomic mass is 10.1. The van der Waals surface area contributed by atoms with Crippen LogP contribution in [-0.4, -0.2) is 24.1 Å². The lowest BCUT2D eigenvalue weighted by molar-refractivity contribution is 0.0953. The molecule has 5 heteroatoms. The van der Waals surface area contributed by atoms with Gasteiger partial charge in [-0.3, -0.25) is 4.79 Å². The van der Waals surface area contributed by atoms with Crippen molar-refractivity contribution >= 4 is 5.91 Å². The number of aryl methyl sites for hydroxylation is 1. The number of ether oxygens (including phenoxy) is 1. The third-order valence-electron chi connectivity index (χ3n) is 4.63. The van der Waals surface area contributed by atoms with Crippen molar-refractivity contribution in [3.05, 3.63) is 82.9 Å². The average molecular weight is 366 g/mol. The molecule has 0 radical (unpaired) electrons. The number of amides is 1. The fourth-order valence-corrected chi connectivity index (χ4v) is 3.20. The molecule has 1 aromatic heterocycles. The number of para-hydroxylation sites is 1. The van der Waals surface area contributed by atoms with E-state index in [-0.39, 0.29) is 11.7 Å². The lowest BCUT2D eigenvalue weighted by Crippen LogP contribution is -2.26. The Bertz CT molecular complexity index is 945. The number of benzene rings is 2. The summed E-state index contributed by atoms with van der Waals surface area (Å²) in [6.45, 7) is 4.22. The van der Waals surface area contributed by atoms with Gasteiger partial charge in [-0.1, -0.05) is 24.3 Å². The summed E-state index contributed by atoms with van der Waals surface area (Å²) in [7, 11) is 1.63. The highest BCUT2D eigenvalue weighted by molar-refractivity contribution is 5.95. The van der Waals surface area contributed by atoms with Crippen LogP contribution in [0.15, 0.2) is 54.6 Å². The Morgan fingerprint density at radius 3 is 2.48 bits per heavy atom. The molecule has 0 saturated carbocycles. The molecule has 0 aliphatic rings. The predicted molar refractivity (Wildman–Crippen MR) is 104 cm³/mol. The largest absolute Gasteiger partial charge is 0.497 e. The highest BCUT2D eigenvalue weighted by atomic mass is 19.1. The molecule has 0 aliphatic carbocycles. The summed E-state index contributed by atoms with van der Waals surface area (Å²) in [6, 6.07) is 16.1. The van der Waals surface area contributed by atoms with E-state index < -0.39 is 0 Å². The minimum absolute atomic E-state index is 0.154.